The van der Waals surface area contributed by atoms with E-state index >= 15 is 0 Å². The van der Waals surface area contributed by atoms with Crippen molar-refractivity contribution in [1.82, 2.24) is 0 Å². The number of furan rings is 2. The molecule has 0 saturated heterocycles. The molecule has 13 aromatic rings. The van der Waals surface area contributed by atoms with Gasteiger partial charge in [0.1, 0.15) is 22.3 Å². The Morgan fingerprint density at radius 2 is 0.567 bits per heavy atom. The van der Waals surface area contributed by atoms with Crippen LogP contribution in [-0.4, -0.2) is 0 Å². The lowest BCUT2D eigenvalue weighted by Gasteiger charge is -2.18. The molecule has 0 atom stereocenters. The summed E-state index contributed by atoms with van der Waals surface area (Å²) in [6.45, 7) is 0. The summed E-state index contributed by atoms with van der Waals surface area (Å²) in [5.41, 5.74) is 13.0. The second-order valence-electron chi connectivity index (χ2n) is 15.8. The highest BCUT2D eigenvalue weighted by Crippen LogP contribution is 2.51. The molecule has 60 heavy (non-hydrogen) atoms. The summed E-state index contributed by atoms with van der Waals surface area (Å²) >= 11 is 0. The molecule has 0 fully saturated rings. The number of para-hydroxylation sites is 2. The Hall–Kier alpha value is -7.94. The van der Waals surface area contributed by atoms with Gasteiger partial charge < -0.3 is 8.83 Å². The van der Waals surface area contributed by atoms with E-state index in [4.69, 9.17) is 8.83 Å². The molecule has 2 heterocycles. The minimum absolute atomic E-state index is 0.874. The number of fused-ring (bicyclic) bond motifs is 10. The Bertz CT molecular complexity index is 3770. The summed E-state index contributed by atoms with van der Waals surface area (Å²) in [6, 6.07) is 74.3. The van der Waals surface area contributed by atoms with E-state index in [9.17, 15) is 0 Å². The third kappa shape index (κ3) is 4.64. The zero-order valence-electron chi connectivity index (χ0n) is 32.4. The van der Waals surface area contributed by atoms with Gasteiger partial charge in [-0.2, -0.15) is 0 Å². The van der Waals surface area contributed by atoms with Crippen molar-refractivity contribution >= 4 is 87.0 Å². The minimum atomic E-state index is 0.874. The predicted octanol–water partition coefficient (Wildman–Crippen LogP) is 16.8. The second-order valence-corrected chi connectivity index (χ2v) is 15.8. The predicted molar refractivity (Wildman–Crippen MR) is 253 cm³/mol. The van der Waals surface area contributed by atoms with Crippen molar-refractivity contribution in [3.05, 3.63) is 206 Å². The van der Waals surface area contributed by atoms with Crippen molar-refractivity contribution in [1.29, 1.82) is 0 Å². The summed E-state index contributed by atoms with van der Waals surface area (Å²) in [7, 11) is 0. The molecule has 0 aliphatic heterocycles. The SMILES string of the molecule is c1ccc(-c2c3ccccc3c(-c3cccc4oc5c(-c6c7ccccc7c(-c7cccc8oc9ccccc9c78)c7ccccc67)cccc5c34)c3ccccc23)cc1. The van der Waals surface area contributed by atoms with E-state index in [1.165, 1.54) is 82.0 Å². The number of hydrogen-bond donors (Lipinski definition) is 0. The summed E-state index contributed by atoms with van der Waals surface area (Å²) in [5.74, 6) is 0. The maximum absolute atomic E-state index is 7.11. The fraction of sp³-hybridized carbons (Fsp3) is 0. The van der Waals surface area contributed by atoms with Crippen LogP contribution in [0.5, 0.6) is 0 Å². The smallest absolute Gasteiger partial charge is 0.143 e. The van der Waals surface area contributed by atoms with Crippen LogP contribution < -0.4 is 0 Å². The normalized spacial score (nSPS) is 12.0. The van der Waals surface area contributed by atoms with Crippen LogP contribution in [0.15, 0.2) is 215 Å². The van der Waals surface area contributed by atoms with E-state index in [2.05, 4.69) is 200 Å². The van der Waals surface area contributed by atoms with Gasteiger partial charge in [0, 0.05) is 32.7 Å². The first-order valence-electron chi connectivity index (χ1n) is 20.6. The summed E-state index contributed by atoms with van der Waals surface area (Å²) in [4.78, 5) is 0. The van der Waals surface area contributed by atoms with Crippen LogP contribution in [0.2, 0.25) is 0 Å². The van der Waals surface area contributed by atoms with Gasteiger partial charge in [-0.25, -0.2) is 0 Å². The topological polar surface area (TPSA) is 26.3 Å². The molecular formula is C58H34O2. The fourth-order valence-corrected chi connectivity index (χ4v) is 10.3. The molecule has 0 spiro atoms. The lowest BCUT2D eigenvalue weighted by atomic mass is 9.84. The third-order valence-corrected chi connectivity index (χ3v) is 12.7. The van der Waals surface area contributed by atoms with Gasteiger partial charge in [0.15, 0.2) is 0 Å². The molecule has 0 unspecified atom stereocenters. The zero-order chi connectivity index (χ0) is 39.3. The van der Waals surface area contributed by atoms with Crippen LogP contribution in [0.1, 0.15) is 0 Å². The fourth-order valence-electron chi connectivity index (χ4n) is 10.3. The second kappa shape index (κ2) is 12.8. The Labute approximate surface area is 345 Å². The van der Waals surface area contributed by atoms with Gasteiger partial charge in [0.2, 0.25) is 0 Å². The molecule has 0 bridgehead atoms. The zero-order valence-corrected chi connectivity index (χ0v) is 32.4. The lowest BCUT2D eigenvalue weighted by molar-refractivity contribution is 0.669. The van der Waals surface area contributed by atoms with Crippen molar-refractivity contribution in [2.24, 2.45) is 0 Å². The molecule has 0 saturated carbocycles. The molecule has 0 N–H and O–H groups in total. The average Bonchev–Trinajstić information content (AvgIpc) is 3.90. The van der Waals surface area contributed by atoms with E-state index in [-0.39, 0.29) is 0 Å². The number of rotatable bonds is 4. The van der Waals surface area contributed by atoms with Gasteiger partial charge in [-0.05, 0) is 94.7 Å². The van der Waals surface area contributed by atoms with Crippen LogP contribution in [0, 0.1) is 0 Å². The molecule has 0 aliphatic rings. The number of benzene rings is 11. The Morgan fingerprint density at radius 1 is 0.217 bits per heavy atom. The summed E-state index contributed by atoms with van der Waals surface area (Å²) in [6.07, 6.45) is 0. The molecule has 2 aromatic heterocycles. The third-order valence-electron chi connectivity index (χ3n) is 12.7. The van der Waals surface area contributed by atoms with Gasteiger partial charge in [-0.1, -0.05) is 188 Å². The van der Waals surface area contributed by atoms with E-state index in [0.717, 1.165) is 49.4 Å². The first kappa shape index (κ1) is 33.1. The number of hydrogen-bond acceptors (Lipinski definition) is 2. The summed E-state index contributed by atoms with van der Waals surface area (Å²) in [5, 5.41) is 14.1. The molecule has 11 aromatic carbocycles. The van der Waals surface area contributed by atoms with E-state index in [0.29, 0.717) is 0 Å². The Morgan fingerprint density at radius 3 is 1.10 bits per heavy atom. The highest BCUT2D eigenvalue weighted by atomic mass is 16.3. The van der Waals surface area contributed by atoms with E-state index in [1.807, 2.05) is 6.07 Å². The molecule has 278 valence electrons. The first-order chi connectivity index (χ1) is 29.8. The summed E-state index contributed by atoms with van der Waals surface area (Å²) < 4.78 is 13.5. The van der Waals surface area contributed by atoms with Crippen LogP contribution >= 0.6 is 0 Å². The van der Waals surface area contributed by atoms with Gasteiger partial charge in [-0.15, -0.1) is 0 Å². The average molecular weight is 763 g/mol. The monoisotopic (exact) mass is 762 g/mol. The van der Waals surface area contributed by atoms with Gasteiger partial charge in [0.25, 0.3) is 0 Å². The molecule has 0 aliphatic carbocycles. The molecule has 0 amide bonds. The standard InChI is InChI=1S/C58H34O2/c1-2-17-35(18-3-1)52-36-19-4-6-21-38(36)53(39-22-7-5-20-37(39)52)46-29-16-34-51-57(46)48-31-14-30-47(58(48)60-51)55-42-25-10-8-23-40(42)54(41-24-9-11-26-43(41)55)45-28-15-33-50-56(45)44-27-12-13-32-49(44)59-50/h1-34H. The highest BCUT2D eigenvalue weighted by molar-refractivity contribution is 6.29. The largest absolute Gasteiger partial charge is 0.456 e. The van der Waals surface area contributed by atoms with Crippen LogP contribution in [0.25, 0.3) is 131 Å². The Balaban J connectivity index is 1.11. The Kier molecular flexibility index (Phi) is 7.05. The van der Waals surface area contributed by atoms with Gasteiger partial charge >= 0.3 is 0 Å². The maximum atomic E-state index is 7.11. The van der Waals surface area contributed by atoms with Crippen molar-refractivity contribution in [3.8, 4) is 44.5 Å². The van der Waals surface area contributed by atoms with Gasteiger partial charge in [-0.3, -0.25) is 0 Å². The molecule has 2 heteroatoms. The van der Waals surface area contributed by atoms with Crippen LogP contribution in [0.4, 0.5) is 0 Å². The van der Waals surface area contributed by atoms with E-state index in [1.54, 1.807) is 0 Å². The van der Waals surface area contributed by atoms with Crippen molar-refractivity contribution in [2.45, 2.75) is 0 Å². The van der Waals surface area contributed by atoms with Crippen molar-refractivity contribution in [2.75, 3.05) is 0 Å². The van der Waals surface area contributed by atoms with E-state index < -0.39 is 0 Å². The molecule has 2 nitrogen and oxygen atoms in total. The first-order valence-corrected chi connectivity index (χ1v) is 20.6. The van der Waals surface area contributed by atoms with Crippen molar-refractivity contribution in [3.63, 3.8) is 0 Å². The minimum Gasteiger partial charge on any atom is -0.456 e. The van der Waals surface area contributed by atoms with Gasteiger partial charge in [0.05, 0.1) is 0 Å². The molecule has 13 rings (SSSR count). The maximum Gasteiger partial charge on any atom is 0.143 e. The molecule has 0 radical (unpaired) electrons. The highest BCUT2D eigenvalue weighted by Gasteiger charge is 2.24. The quantitative estimate of drug-likeness (QED) is 0.167. The van der Waals surface area contributed by atoms with Crippen molar-refractivity contribution < 1.29 is 8.83 Å². The van der Waals surface area contributed by atoms with Crippen LogP contribution in [-0.2, 0) is 0 Å². The van der Waals surface area contributed by atoms with Crippen LogP contribution in [0.3, 0.4) is 0 Å². The lowest BCUT2D eigenvalue weighted by Crippen LogP contribution is -1.92. The molecular weight excluding hydrogens is 729 g/mol.